The lowest BCUT2D eigenvalue weighted by Gasteiger charge is -2.14. The highest BCUT2D eigenvalue weighted by Crippen LogP contribution is 2.37. The van der Waals surface area contributed by atoms with Crippen LogP contribution in [0.4, 0.5) is 5.69 Å². The summed E-state index contributed by atoms with van der Waals surface area (Å²) in [6.45, 7) is 1.70. The third-order valence-corrected chi connectivity index (χ3v) is 4.72. The van der Waals surface area contributed by atoms with E-state index in [2.05, 4.69) is 14.9 Å². The number of halogens is 1. The third kappa shape index (κ3) is 3.97. The molecule has 11 heteroatoms. The van der Waals surface area contributed by atoms with Crippen molar-refractivity contribution in [2.75, 3.05) is 25.5 Å². The van der Waals surface area contributed by atoms with Crippen LogP contribution in [0.5, 0.6) is 11.5 Å². The number of aromatic amines is 1. The fraction of sp³-hybridized carbons (Fsp3) is 0.286. The van der Waals surface area contributed by atoms with E-state index in [0.717, 1.165) is 6.20 Å². The van der Waals surface area contributed by atoms with E-state index in [1.54, 1.807) is 6.92 Å². The van der Waals surface area contributed by atoms with Crippen molar-refractivity contribution in [1.82, 2.24) is 10.2 Å². The van der Waals surface area contributed by atoms with Crippen molar-refractivity contribution < 1.29 is 27.4 Å². The zero-order valence-corrected chi connectivity index (χ0v) is 15.2. The molecule has 9 nitrogen and oxygen atoms in total. The van der Waals surface area contributed by atoms with Gasteiger partial charge >= 0.3 is 5.97 Å². The second-order valence-electron chi connectivity index (χ2n) is 4.63. The summed E-state index contributed by atoms with van der Waals surface area (Å²) in [6.07, 6.45) is 1.07. The average molecular weight is 390 g/mol. The molecular weight excluding hydrogens is 374 g/mol. The van der Waals surface area contributed by atoms with Crippen LogP contribution in [0.2, 0.25) is 5.02 Å². The Morgan fingerprint density at radius 2 is 1.96 bits per heavy atom. The Hall–Kier alpha value is -2.46. The topological polar surface area (TPSA) is 120 Å². The van der Waals surface area contributed by atoms with Gasteiger partial charge in [0.15, 0.2) is 5.03 Å². The Bertz CT molecular complexity index is 881. The first-order valence-corrected chi connectivity index (χ1v) is 8.85. The number of benzene rings is 1. The highest BCUT2D eigenvalue weighted by molar-refractivity contribution is 7.92. The van der Waals surface area contributed by atoms with Crippen molar-refractivity contribution >= 4 is 33.3 Å². The van der Waals surface area contributed by atoms with Crippen LogP contribution in [0, 0.1) is 0 Å². The largest absolute Gasteiger partial charge is 0.495 e. The number of carbonyl (C=O) groups is 1. The number of methoxy groups -OCH3 is 2. The number of rotatable bonds is 7. The molecule has 2 aromatic rings. The minimum atomic E-state index is -4.18. The second kappa shape index (κ2) is 7.62. The summed E-state index contributed by atoms with van der Waals surface area (Å²) in [5.41, 5.74) is -0.148. The number of H-pyrrole nitrogens is 1. The van der Waals surface area contributed by atoms with E-state index in [4.69, 9.17) is 25.8 Å². The van der Waals surface area contributed by atoms with E-state index < -0.39 is 21.0 Å². The molecule has 2 N–H and O–H groups in total. The Kier molecular flexibility index (Phi) is 5.75. The van der Waals surface area contributed by atoms with Crippen LogP contribution in [0.3, 0.4) is 0 Å². The van der Waals surface area contributed by atoms with Crippen LogP contribution < -0.4 is 14.2 Å². The van der Waals surface area contributed by atoms with E-state index >= 15 is 0 Å². The average Bonchev–Trinajstić information content (AvgIpc) is 3.06. The molecule has 0 bridgehead atoms. The van der Waals surface area contributed by atoms with Crippen molar-refractivity contribution in [3.05, 3.63) is 28.9 Å². The van der Waals surface area contributed by atoms with E-state index in [1.165, 1.54) is 26.4 Å². The molecule has 0 radical (unpaired) electrons. The summed E-state index contributed by atoms with van der Waals surface area (Å²) in [5.74, 6) is -0.311. The SMILES string of the molecule is CCOC(=O)c1cn[nH]c1S(=O)(=O)Nc1cc(Cl)c(OC)cc1OC. The molecule has 1 heterocycles. The summed E-state index contributed by atoms with van der Waals surface area (Å²) in [7, 11) is -1.40. The molecule has 0 aliphatic heterocycles. The number of ether oxygens (including phenoxy) is 3. The maximum Gasteiger partial charge on any atom is 0.342 e. The Labute approximate surface area is 149 Å². The van der Waals surface area contributed by atoms with Crippen LogP contribution >= 0.6 is 11.6 Å². The quantitative estimate of drug-likeness (QED) is 0.695. The lowest BCUT2D eigenvalue weighted by atomic mass is 10.3. The van der Waals surface area contributed by atoms with E-state index in [1.807, 2.05) is 0 Å². The number of carbonyl (C=O) groups excluding carboxylic acids is 1. The van der Waals surface area contributed by atoms with Crippen molar-refractivity contribution in [3.63, 3.8) is 0 Å². The summed E-state index contributed by atoms with van der Waals surface area (Å²) < 4.78 is 42.5. The fourth-order valence-corrected chi connectivity index (χ4v) is 3.36. The number of nitrogens with zero attached hydrogens (tertiary/aromatic N) is 1. The molecule has 0 saturated heterocycles. The number of aromatic nitrogens is 2. The number of nitrogens with one attached hydrogen (secondary N) is 2. The molecule has 1 aromatic carbocycles. The molecule has 0 fully saturated rings. The molecule has 0 unspecified atom stereocenters. The molecule has 25 heavy (non-hydrogen) atoms. The first-order chi connectivity index (χ1) is 11.8. The van der Waals surface area contributed by atoms with Crippen molar-refractivity contribution in [3.8, 4) is 11.5 Å². The predicted molar refractivity (Wildman–Crippen MR) is 89.9 cm³/mol. The first-order valence-electron chi connectivity index (χ1n) is 6.98. The normalized spacial score (nSPS) is 11.0. The van der Waals surface area contributed by atoms with Crippen LogP contribution in [-0.2, 0) is 14.8 Å². The van der Waals surface area contributed by atoms with Gasteiger partial charge in [-0.25, -0.2) is 4.79 Å². The molecular formula is C14H16ClN3O6S. The maximum atomic E-state index is 12.6. The van der Waals surface area contributed by atoms with Crippen LogP contribution in [0.15, 0.2) is 23.4 Å². The van der Waals surface area contributed by atoms with Gasteiger partial charge in [-0.2, -0.15) is 13.5 Å². The lowest BCUT2D eigenvalue weighted by molar-refractivity contribution is 0.0522. The van der Waals surface area contributed by atoms with Crippen LogP contribution in [-0.4, -0.2) is 45.4 Å². The van der Waals surface area contributed by atoms with Gasteiger partial charge < -0.3 is 14.2 Å². The monoisotopic (exact) mass is 389 g/mol. The number of anilines is 1. The maximum absolute atomic E-state index is 12.6. The number of sulfonamides is 1. The molecule has 0 aliphatic rings. The Balaban J connectivity index is 2.42. The van der Waals surface area contributed by atoms with E-state index in [9.17, 15) is 13.2 Å². The molecule has 0 amide bonds. The zero-order chi connectivity index (χ0) is 18.6. The minimum absolute atomic E-state index is 0.0673. The highest BCUT2D eigenvalue weighted by Gasteiger charge is 2.27. The van der Waals surface area contributed by atoms with E-state index in [0.29, 0.717) is 5.75 Å². The number of esters is 1. The molecule has 2 rings (SSSR count). The number of hydrogen-bond donors (Lipinski definition) is 2. The third-order valence-electron chi connectivity index (χ3n) is 3.09. The second-order valence-corrected chi connectivity index (χ2v) is 6.65. The summed E-state index contributed by atoms with van der Waals surface area (Å²) in [6, 6.07) is 2.76. The highest BCUT2D eigenvalue weighted by atomic mass is 35.5. The van der Waals surface area contributed by atoms with Gasteiger partial charge in [-0.1, -0.05) is 11.6 Å². The van der Waals surface area contributed by atoms with Crippen molar-refractivity contribution in [2.24, 2.45) is 0 Å². The van der Waals surface area contributed by atoms with Crippen LogP contribution in [0.25, 0.3) is 0 Å². The Morgan fingerprint density at radius 1 is 1.28 bits per heavy atom. The van der Waals surface area contributed by atoms with E-state index in [-0.39, 0.29) is 28.6 Å². The Morgan fingerprint density at radius 3 is 2.56 bits per heavy atom. The smallest absolute Gasteiger partial charge is 0.342 e. The van der Waals surface area contributed by atoms with Gasteiger partial charge in [0, 0.05) is 6.07 Å². The zero-order valence-electron chi connectivity index (χ0n) is 13.6. The summed E-state index contributed by atoms with van der Waals surface area (Å²) in [4.78, 5) is 11.8. The fourth-order valence-electron chi connectivity index (χ4n) is 1.97. The molecule has 136 valence electrons. The first kappa shape index (κ1) is 18.9. The van der Waals surface area contributed by atoms with Gasteiger partial charge in [-0.05, 0) is 13.0 Å². The number of hydrogen-bond acceptors (Lipinski definition) is 7. The van der Waals surface area contributed by atoms with Crippen molar-refractivity contribution in [2.45, 2.75) is 11.9 Å². The summed E-state index contributed by atoms with van der Waals surface area (Å²) in [5, 5.41) is 5.63. The molecule has 1 aromatic heterocycles. The van der Waals surface area contributed by atoms with Gasteiger partial charge in [0.05, 0.1) is 37.7 Å². The van der Waals surface area contributed by atoms with Crippen LogP contribution in [0.1, 0.15) is 17.3 Å². The van der Waals surface area contributed by atoms with Crippen molar-refractivity contribution in [1.29, 1.82) is 0 Å². The molecule has 0 spiro atoms. The predicted octanol–water partition coefficient (Wildman–Crippen LogP) is 2.06. The van der Waals surface area contributed by atoms with Gasteiger partial charge in [0.2, 0.25) is 0 Å². The van der Waals surface area contributed by atoms with Gasteiger partial charge in [0.25, 0.3) is 10.0 Å². The minimum Gasteiger partial charge on any atom is -0.495 e. The molecule has 0 aliphatic carbocycles. The summed E-state index contributed by atoms with van der Waals surface area (Å²) >= 11 is 6.03. The van der Waals surface area contributed by atoms with Gasteiger partial charge in [0.1, 0.15) is 17.1 Å². The van der Waals surface area contributed by atoms with Gasteiger partial charge in [-0.3, -0.25) is 9.82 Å². The van der Waals surface area contributed by atoms with Gasteiger partial charge in [-0.15, -0.1) is 0 Å². The molecule has 0 atom stereocenters. The molecule has 0 saturated carbocycles. The standard InChI is InChI=1S/C14H16ClN3O6S/c1-4-24-14(19)8-7-16-17-13(8)25(20,21)18-10-5-9(15)11(22-2)6-12(10)23-3/h5-7,18H,4H2,1-3H3,(H,16,17). The lowest BCUT2D eigenvalue weighted by Crippen LogP contribution is -2.18.